The smallest absolute Gasteiger partial charge is 0.416 e. The van der Waals surface area contributed by atoms with Crippen molar-refractivity contribution in [3.63, 3.8) is 0 Å². The molecule has 2 aliphatic rings. The van der Waals surface area contributed by atoms with Crippen LogP contribution < -0.4 is 10.3 Å². The summed E-state index contributed by atoms with van der Waals surface area (Å²) in [6, 6.07) is 8.28. The number of pyridine rings is 1. The van der Waals surface area contributed by atoms with Crippen molar-refractivity contribution in [2.24, 2.45) is 0 Å². The van der Waals surface area contributed by atoms with Gasteiger partial charge < -0.3 is 14.2 Å². The molecule has 0 bridgehead atoms. The Hall–Kier alpha value is -5.05. The Morgan fingerprint density at radius 1 is 1.04 bits per heavy atom. The van der Waals surface area contributed by atoms with E-state index in [1.807, 2.05) is 13.1 Å². The van der Waals surface area contributed by atoms with Crippen molar-refractivity contribution in [3.8, 4) is 28.7 Å². The number of hydrogen-bond acceptors (Lipinski definition) is 8. The first kappa shape index (κ1) is 33.4. The molecule has 0 saturated heterocycles. The number of rotatable bonds is 9. The molecule has 0 radical (unpaired) electrons. The topological polar surface area (TPSA) is 104 Å². The van der Waals surface area contributed by atoms with Crippen molar-refractivity contribution in [1.29, 1.82) is 0 Å². The SMILES string of the molecule is CC(C)n1cc(C(F)(F)F)nc1-c1ccc(Cn2c(=O)c(C3=CCN(C)CC3)cc3cnc(-c4c(OC(F)F)ncnc4C4CC4)nc32)cc1. The quantitative estimate of drug-likeness (QED) is 0.153. The minimum absolute atomic E-state index is 0.0188. The zero-order valence-electron chi connectivity index (χ0n) is 27.5. The molecule has 0 atom stereocenters. The van der Waals surface area contributed by atoms with E-state index in [1.165, 1.54) is 15.5 Å². The predicted molar refractivity (Wildman–Crippen MR) is 176 cm³/mol. The van der Waals surface area contributed by atoms with Gasteiger partial charge in [0.1, 0.15) is 23.4 Å². The highest BCUT2D eigenvalue weighted by Crippen LogP contribution is 2.45. The number of aromatic nitrogens is 7. The summed E-state index contributed by atoms with van der Waals surface area (Å²) in [4.78, 5) is 37.9. The van der Waals surface area contributed by atoms with Crippen molar-refractivity contribution in [2.45, 2.75) is 64.4 Å². The molecule has 1 aliphatic heterocycles. The van der Waals surface area contributed by atoms with Crippen molar-refractivity contribution < 1.29 is 26.7 Å². The van der Waals surface area contributed by atoms with E-state index in [2.05, 4.69) is 24.8 Å². The van der Waals surface area contributed by atoms with Crippen LogP contribution in [0.3, 0.4) is 0 Å². The molecule has 1 fully saturated rings. The van der Waals surface area contributed by atoms with Gasteiger partial charge in [-0.3, -0.25) is 9.36 Å². The predicted octanol–water partition coefficient (Wildman–Crippen LogP) is 6.96. The Kier molecular flexibility index (Phi) is 8.70. The summed E-state index contributed by atoms with van der Waals surface area (Å²) in [5.41, 5.74) is 2.19. The Morgan fingerprint density at radius 2 is 1.80 bits per heavy atom. The zero-order valence-corrected chi connectivity index (χ0v) is 27.5. The lowest BCUT2D eigenvalue weighted by molar-refractivity contribution is -0.140. The molecule has 5 aromatic rings. The van der Waals surface area contributed by atoms with Crippen LogP contribution in [0.25, 0.3) is 39.4 Å². The first-order chi connectivity index (χ1) is 23.9. The molecule has 260 valence electrons. The van der Waals surface area contributed by atoms with E-state index in [4.69, 9.17) is 9.72 Å². The van der Waals surface area contributed by atoms with Gasteiger partial charge in [-0.05, 0) is 57.4 Å². The van der Waals surface area contributed by atoms with Gasteiger partial charge in [0.05, 0.1) is 12.2 Å². The normalized spacial score (nSPS) is 15.7. The van der Waals surface area contributed by atoms with Gasteiger partial charge in [-0.1, -0.05) is 30.3 Å². The fraction of sp³-hybridized carbons (Fsp3) is 0.371. The number of ether oxygens (including phenoxy) is 1. The van der Waals surface area contributed by atoms with Crippen molar-refractivity contribution in [3.05, 3.63) is 88.0 Å². The van der Waals surface area contributed by atoms with E-state index in [9.17, 15) is 26.7 Å². The third-order valence-corrected chi connectivity index (χ3v) is 8.95. The van der Waals surface area contributed by atoms with Gasteiger partial charge in [0, 0.05) is 54.0 Å². The number of imidazole rings is 1. The maximum atomic E-state index is 14.3. The molecule has 0 amide bonds. The summed E-state index contributed by atoms with van der Waals surface area (Å²) in [7, 11) is 2.00. The van der Waals surface area contributed by atoms with Crippen molar-refractivity contribution in [1.82, 2.24) is 39.0 Å². The van der Waals surface area contributed by atoms with Gasteiger partial charge in [0.2, 0.25) is 5.88 Å². The maximum Gasteiger partial charge on any atom is 0.434 e. The van der Waals surface area contributed by atoms with E-state index in [0.29, 0.717) is 40.7 Å². The molecule has 7 rings (SSSR count). The highest BCUT2D eigenvalue weighted by atomic mass is 19.4. The lowest BCUT2D eigenvalue weighted by Crippen LogP contribution is -2.29. The Bertz CT molecular complexity index is 2150. The molecule has 0 unspecified atom stereocenters. The molecular formula is C35H33F5N8O2. The molecule has 15 heteroatoms. The molecule has 0 N–H and O–H groups in total. The molecule has 1 saturated carbocycles. The summed E-state index contributed by atoms with van der Waals surface area (Å²) < 4.78 is 75.2. The van der Waals surface area contributed by atoms with Gasteiger partial charge in [0.15, 0.2) is 11.5 Å². The minimum Gasteiger partial charge on any atom is -0.416 e. The van der Waals surface area contributed by atoms with Crippen LogP contribution in [-0.4, -0.2) is 65.7 Å². The first-order valence-electron chi connectivity index (χ1n) is 16.2. The Balaban J connectivity index is 1.34. The molecular weight excluding hydrogens is 659 g/mol. The lowest BCUT2D eigenvalue weighted by Gasteiger charge is -2.22. The molecule has 0 spiro atoms. The molecule has 1 aliphatic carbocycles. The summed E-state index contributed by atoms with van der Waals surface area (Å²) >= 11 is 0. The van der Waals surface area contributed by atoms with Crippen LogP contribution in [0.4, 0.5) is 22.0 Å². The average Bonchev–Trinajstić information content (AvgIpc) is 3.82. The number of likely N-dealkylation sites (N-methyl/N-ethyl adjacent to an activating group) is 1. The summed E-state index contributed by atoms with van der Waals surface area (Å²) in [6.45, 7) is 1.92. The molecule has 50 heavy (non-hydrogen) atoms. The molecule has 5 heterocycles. The Morgan fingerprint density at radius 3 is 2.44 bits per heavy atom. The van der Waals surface area contributed by atoms with Gasteiger partial charge in [-0.2, -0.15) is 22.0 Å². The zero-order chi connectivity index (χ0) is 35.3. The third-order valence-electron chi connectivity index (χ3n) is 8.95. The van der Waals surface area contributed by atoms with E-state index >= 15 is 0 Å². The number of fused-ring (bicyclic) bond motifs is 1. The van der Waals surface area contributed by atoms with E-state index in [1.54, 1.807) is 50.4 Å². The van der Waals surface area contributed by atoms with E-state index in [0.717, 1.165) is 31.2 Å². The number of halogens is 5. The van der Waals surface area contributed by atoms with Crippen LogP contribution in [0.2, 0.25) is 0 Å². The highest BCUT2D eigenvalue weighted by molar-refractivity contribution is 5.82. The number of nitrogens with zero attached hydrogens (tertiary/aromatic N) is 8. The minimum atomic E-state index is -4.59. The summed E-state index contributed by atoms with van der Waals surface area (Å²) in [5, 5.41) is 0.555. The van der Waals surface area contributed by atoms with Crippen LogP contribution in [0.5, 0.6) is 5.88 Å². The second-order valence-electron chi connectivity index (χ2n) is 12.9. The van der Waals surface area contributed by atoms with Crippen molar-refractivity contribution >= 4 is 16.6 Å². The van der Waals surface area contributed by atoms with Gasteiger partial charge in [-0.15, -0.1) is 0 Å². The number of hydrogen-bond donors (Lipinski definition) is 0. The lowest BCUT2D eigenvalue weighted by atomic mass is 9.99. The van der Waals surface area contributed by atoms with E-state index in [-0.39, 0.29) is 52.8 Å². The fourth-order valence-corrected chi connectivity index (χ4v) is 6.18. The number of alkyl halides is 5. The highest BCUT2D eigenvalue weighted by Gasteiger charge is 2.35. The fourth-order valence-electron chi connectivity index (χ4n) is 6.18. The summed E-state index contributed by atoms with van der Waals surface area (Å²) in [6.07, 6.45) is 3.44. The van der Waals surface area contributed by atoms with Gasteiger partial charge in [0.25, 0.3) is 5.56 Å². The molecule has 1 aromatic carbocycles. The standard InChI is InChI=1S/C35H33F5N8O2/c1-19(2)47-17-26(35(38,39)40)44-30(47)23-6-4-20(5-7-23)16-48-31-24(14-25(33(48)49)21-10-12-46(3)13-11-21)15-41-29(45-31)27-28(22-8-9-22)42-18-43-32(27)50-34(36)37/h4-7,10,14-15,17-19,22,34H,8-9,11-13,16H2,1-3H3. The Labute approximate surface area is 283 Å². The van der Waals surface area contributed by atoms with Crippen LogP contribution in [0.1, 0.15) is 67.6 Å². The van der Waals surface area contributed by atoms with Crippen LogP contribution in [-0.2, 0) is 12.7 Å². The van der Waals surface area contributed by atoms with Crippen molar-refractivity contribution in [2.75, 3.05) is 20.1 Å². The monoisotopic (exact) mass is 692 g/mol. The molecule has 4 aromatic heterocycles. The molecule has 10 nitrogen and oxygen atoms in total. The largest absolute Gasteiger partial charge is 0.434 e. The second kappa shape index (κ2) is 13.0. The third kappa shape index (κ3) is 6.61. The first-order valence-corrected chi connectivity index (χ1v) is 16.2. The maximum absolute atomic E-state index is 14.3. The summed E-state index contributed by atoms with van der Waals surface area (Å²) in [5.74, 6) is -0.104. The average molecular weight is 693 g/mol. The van der Waals surface area contributed by atoms with Gasteiger partial charge >= 0.3 is 12.8 Å². The van der Waals surface area contributed by atoms with Crippen LogP contribution in [0, 0.1) is 0 Å². The second-order valence-corrected chi connectivity index (χ2v) is 12.9. The number of benzene rings is 1. The van der Waals surface area contributed by atoms with Crippen LogP contribution in [0.15, 0.2) is 59.9 Å². The van der Waals surface area contributed by atoms with Crippen LogP contribution >= 0.6 is 0 Å². The van der Waals surface area contributed by atoms with Gasteiger partial charge in [-0.25, -0.2) is 24.9 Å². The van der Waals surface area contributed by atoms with E-state index < -0.39 is 18.5 Å².